The van der Waals surface area contributed by atoms with Gasteiger partial charge in [0.05, 0.1) is 18.2 Å². The highest BCUT2D eigenvalue weighted by Crippen LogP contribution is 2.28. The predicted molar refractivity (Wildman–Crippen MR) is 87.3 cm³/mol. The highest BCUT2D eigenvalue weighted by Gasteiger charge is 2.25. The first-order valence-electron chi connectivity index (χ1n) is 8.11. The van der Waals surface area contributed by atoms with Crippen LogP contribution in [0.3, 0.4) is 0 Å². The Morgan fingerprint density at radius 1 is 1.26 bits per heavy atom. The van der Waals surface area contributed by atoms with Crippen LogP contribution in [0.2, 0.25) is 0 Å². The summed E-state index contributed by atoms with van der Waals surface area (Å²) in [6.45, 7) is 8.25. The van der Waals surface area contributed by atoms with Crippen molar-refractivity contribution in [3.63, 3.8) is 0 Å². The van der Waals surface area contributed by atoms with Gasteiger partial charge in [-0.1, -0.05) is 13.8 Å². The fourth-order valence-electron chi connectivity index (χ4n) is 3.06. The number of nitrogens with zero attached hydrogens (tertiary/aromatic N) is 2. The van der Waals surface area contributed by atoms with E-state index in [0.717, 1.165) is 19.5 Å². The molecule has 0 aromatic heterocycles. The van der Waals surface area contributed by atoms with Crippen LogP contribution >= 0.6 is 0 Å². The van der Waals surface area contributed by atoms with Crippen LogP contribution in [0, 0.1) is 23.2 Å². The van der Waals surface area contributed by atoms with Crippen LogP contribution in [0.5, 0.6) is 11.5 Å². The fourth-order valence-corrected chi connectivity index (χ4v) is 3.06. The van der Waals surface area contributed by atoms with E-state index in [1.54, 1.807) is 18.2 Å². The predicted octanol–water partition coefficient (Wildman–Crippen LogP) is 2.84. The van der Waals surface area contributed by atoms with Gasteiger partial charge in [0.2, 0.25) is 0 Å². The Kier molecular flexibility index (Phi) is 5.86. The Bertz CT molecular complexity index is 584. The molecule has 1 heterocycles. The molecule has 1 fully saturated rings. The number of amides is 1. The van der Waals surface area contributed by atoms with Crippen molar-refractivity contribution in [2.24, 2.45) is 11.8 Å². The quantitative estimate of drug-likeness (QED) is 0.838. The lowest BCUT2D eigenvalue weighted by atomic mass is 9.92. The fraction of sp³-hybridized carbons (Fsp3) is 0.556. The van der Waals surface area contributed by atoms with Gasteiger partial charge in [0.15, 0.2) is 18.1 Å². The van der Waals surface area contributed by atoms with Crippen LogP contribution < -0.4 is 9.47 Å². The Labute approximate surface area is 137 Å². The second kappa shape index (κ2) is 7.87. The standard InChI is InChI=1S/C18H24N2O3/c1-4-22-17-8-15(9-19)5-6-16(17)23-12-18(21)20-10-13(2)7-14(3)11-20/h5-6,8,13-14H,4,7,10-12H2,1-3H3. The molecule has 5 nitrogen and oxygen atoms in total. The van der Waals surface area contributed by atoms with Gasteiger partial charge in [0.25, 0.3) is 5.91 Å². The second-order valence-electron chi connectivity index (χ2n) is 6.24. The van der Waals surface area contributed by atoms with Crippen molar-refractivity contribution in [1.29, 1.82) is 5.26 Å². The summed E-state index contributed by atoms with van der Waals surface area (Å²) in [5, 5.41) is 8.95. The number of piperidine rings is 1. The molecule has 1 aliphatic rings. The summed E-state index contributed by atoms with van der Waals surface area (Å²) in [6.07, 6.45) is 1.16. The summed E-state index contributed by atoms with van der Waals surface area (Å²) in [6, 6.07) is 7.04. The molecule has 23 heavy (non-hydrogen) atoms. The van der Waals surface area contributed by atoms with Crippen molar-refractivity contribution in [1.82, 2.24) is 4.90 Å². The summed E-state index contributed by atoms with van der Waals surface area (Å²) in [7, 11) is 0. The Morgan fingerprint density at radius 2 is 1.96 bits per heavy atom. The zero-order chi connectivity index (χ0) is 16.8. The van der Waals surface area contributed by atoms with Gasteiger partial charge in [-0.25, -0.2) is 0 Å². The molecule has 2 rings (SSSR count). The first kappa shape index (κ1) is 17.1. The summed E-state index contributed by atoms with van der Waals surface area (Å²) in [5.41, 5.74) is 0.505. The second-order valence-corrected chi connectivity index (χ2v) is 6.24. The molecule has 0 spiro atoms. The van der Waals surface area contributed by atoms with Crippen LogP contribution in [0.15, 0.2) is 18.2 Å². The largest absolute Gasteiger partial charge is 0.490 e. The van der Waals surface area contributed by atoms with E-state index in [2.05, 4.69) is 19.9 Å². The number of rotatable bonds is 5. The van der Waals surface area contributed by atoms with E-state index in [-0.39, 0.29) is 12.5 Å². The average molecular weight is 316 g/mol. The van der Waals surface area contributed by atoms with Crippen molar-refractivity contribution in [3.05, 3.63) is 23.8 Å². The molecule has 0 N–H and O–H groups in total. The Hall–Kier alpha value is -2.22. The van der Waals surface area contributed by atoms with Crippen LogP contribution in [-0.4, -0.2) is 37.1 Å². The first-order valence-corrected chi connectivity index (χ1v) is 8.11. The minimum Gasteiger partial charge on any atom is -0.490 e. The minimum absolute atomic E-state index is 0.00444. The van der Waals surface area contributed by atoms with E-state index in [9.17, 15) is 4.79 Å². The molecule has 1 aliphatic heterocycles. The monoisotopic (exact) mass is 316 g/mol. The first-order chi connectivity index (χ1) is 11.0. The van der Waals surface area contributed by atoms with Crippen molar-refractivity contribution < 1.29 is 14.3 Å². The van der Waals surface area contributed by atoms with Gasteiger partial charge in [0.1, 0.15) is 0 Å². The number of carbonyl (C=O) groups is 1. The van der Waals surface area contributed by atoms with Crippen LogP contribution in [0.25, 0.3) is 0 Å². The minimum atomic E-state index is -0.00852. The highest BCUT2D eigenvalue weighted by atomic mass is 16.5. The number of nitriles is 1. The van der Waals surface area contributed by atoms with Gasteiger partial charge in [-0.2, -0.15) is 5.26 Å². The Balaban J connectivity index is 2.00. The summed E-state index contributed by atoms with van der Waals surface area (Å²) < 4.78 is 11.1. The lowest BCUT2D eigenvalue weighted by Gasteiger charge is -2.34. The van der Waals surface area contributed by atoms with Crippen molar-refractivity contribution in [3.8, 4) is 17.6 Å². The third-order valence-corrected chi connectivity index (χ3v) is 3.95. The van der Waals surface area contributed by atoms with E-state index in [4.69, 9.17) is 14.7 Å². The molecule has 1 saturated heterocycles. The summed E-state index contributed by atoms with van der Waals surface area (Å²) >= 11 is 0. The molecule has 1 aromatic carbocycles. The van der Waals surface area contributed by atoms with Crippen LogP contribution in [0.4, 0.5) is 0 Å². The van der Waals surface area contributed by atoms with Gasteiger partial charge >= 0.3 is 0 Å². The van der Waals surface area contributed by atoms with Gasteiger partial charge in [-0.3, -0.25) is 4.79 Å². The average Bonchev–Trinajstić information content (AvgIpc) is 2.52. The summed E-state index contributed by atoms with van der Waals surface area (Å²) in [5.74, 6) is 2.04. The zero-order valence-corrected chi connectivity index (χ0v) is 14.0. The van der Waals surface area contributed by atoms with Gasteiger partial charge in [-0.15, -0.1) is 0 Å². The molecule has 2 atom stereocenters. The van der Waals surface area contributed by atoms with Gasteiger partial charge < -0.3 is 14.4 Å². The normalized spacial score (nSPS) is 20.7. The molecule has 0 aliphatic carbocycles. The third-order valence-electron chi connectivity index (χ3n) is 3.95. The van der Waals surface area contributed by atoms with Crippen molar-refractivity contribution >= 4 is 5.91 Å². The highest BCUT2D eigenvalue weighted by molar-refractivity contribution is 5.78. The maximum Gasteiger partial charge on any atom is 0.260 e. The van der Waals surface area contributed by atoms with E-state index < -0.39 is 0 Å². The van der Waals surface area contributed by atoms with Crippen LogP contribution in [-0.2, 0) is 4.79 Å². The molecular weight excluding hydrogens is 292 g/mol. The molecule has 1 aromatic rings. The van der Waals surface area contributed by atoms with E-state index in [1.807, 2.05) is 11.8 Å². The topological polar surface area (TPSA) is 62.6 Å². The van der Waals surface area contributed by atoms with Crippen molar-refractivity contribution in [2.45, 2.75) is 27.2 Å². The van der Waals surface area contributed by atoms with Crippen molar-refractivity contribution in [2.75, 3.05) is 26.3 Å². The number of ether oxygens (including phenoxy) is 2. The molecule has 124 valence electrons. The molecule has 0 saturated carbocycles. The van der Waals surface area contributed by atoms with E-state index in [0.29, 0.717) is 35.5 Å². The number of likely N-dealkylation sites (tertiary alicyclic amines) is 1. The number of benzene rings is 1. The lowest BCUT2D eigenvalue weighted by Crippen LogP contribution is -2.44. The van der Waals surface area contributed by atoms with Crippen LogP contribution in [0.1, 0.15) is 32.8 Å². The third kappa shape index (κ3) is 4.62. The number of hydrogen-bond acceptors (Lipinski definition) is 4. The Morgan fingerprint density at radius 3 is 2.57 bits per heavy atom. The molecule has 1 amide bonds. The summed E-state index contributed by atoms with van der Waals surface area (Å²) in [4.78, 5) is 14.2. The maximum atomic E-state index is 12.4. The number of hydrogen-bond donors (Lipinski definition) is 0. The molecule has 5 heteroatoms. The SMILES string of the molecule is CCOc1cc(C#N)ccc1OCC(=O)N1CC(C)CC(C)C1. The van der Waals surface area contributed by atoms with E-state index in [1.165, 1.54) is 0 Å². The molecule has 2 unspecified atom stereocenters. The zero-order valence-electron chi connectivity index (χ0n) is 14.0. The molecular formula is C18H24N2O3. The lowest BCUT2D eigenvalue weighted by molar-refractivity contribution is -0.136. The smallest absolute Gasteiger partial charge is 0.260 e. The molecule has 0 bridgehead atoms. The van der Waals surface area contributed by atoms with E-state index >= 15 is 0 Å². The van der Waals surface area contributed by atoms with Gasteiger partial charge in [0, 0.05) is 19.2 Å². The maximum absolute atomic E-state index is 12.4. The van der Waals surface area contributed by atoms with Gasteiger partial charge in [-0.05, 0) is 37.3 Å². The number of carbonyl (C=O) groups excluding carboxylic acids is 1. The molecule has 0 radical (unpaired) electrons.